The molecular weight excluding hydrogens is 324 g/mol. The number of rotatable bonds is 4. The van der Waals surface area contributed by atoms with Crippen molar-refractivity contribution in [1.82, 2.24) is 0 Å². The van der Waals surface area contributed by atoms with Crippen LogP contribution >= 0.6 is 0 Å². The van der Waals surface area contributed by atoms with E-state index in [4.69, 9.17) is 0 Å². The van der Waals surface area contributed by atoms with Crippen molar-refractivity contribution in [3.63, 3.8) is 0 Å². The van der Waals surface area contributed by atoms with Gasteiger partial charge in [0.2, 0.25) is 0 Å². The zero-order valence-corrected chi connectivity index (χ0v) is 13.9. The highest BCUT2D eigenvalue weighted by Gasteiger charge is 2.19. The van der Waals surface area contributed by atoms with Crippen LogP contribution in [0.1, 0.15) is 25.0 Å². The van der Waals surface area contributed by atoms with Crippen LogP contribution in [0.5, 0.6) is 0 Å². The second-order valence-electron chi connectivity index (χ2n) is 4.57. The van der Waals surface area contributed by atoms with E-state index in [-0.39, 0.29) is 22.9 Å². The molecule has 0 atom stereocenters. The first-order valence-corrected chi connectivity index (χ1v) is 9.93. The molecule has 0 amide bonds. The van der Waals surface area contributed by atoms with Crippen molar-refractivity contribution in [1.29, 1.82) is 0 Å². The molecule has 0 aliphatic heterocycles. The van der Waals surface area contributed by atoms with E-state index < -0.39 is 20.0 Å². The minimum Gasteiger partial charge on any atom is -0.205 e. The predicted octanol–water partition coefficient (Wildman–Crippen LogP) is 1.53. The molecule has 0 saturated carbocycles. The van der Waals surface area contributed by atoms with Crippen LogP contribution in [0, 0.1) is 0 Å². The van der Waals surface area contributed by atoms with Gasteiger partial charge in [-0.25, -0.2) is 16.8 Å². The maximum Gasteiger partial charge on any atom is 0.253 e. The van der Waals surface area contributed by atoms with Crippen LogP contribution in [0.25, 0.3) is 0 Å². The van der Waals surface area contributed by atoms with Crippen molar-refractivity contribution in [2.24, 2.45) is 8.80 Å². The minimum absolute atomic E-state index is 0.0995. The minimum atomic E-state index is -3.54. The standard InChI is InChI=1S/C14H16N2O4S2/c1-3-21(17,18)15-13-9-10-14(16-22(19,20)4-2)12-8-6-5-7-11(12)13/h5-10H,3-4H2,1-2H3. The van der Waals surface area contributed by atoms with Gasteiger partial charge in [-0.15, -0.1) is 0 Å². The van der Waals surface area contributed by atoms with E-state index in [2.05, 4.69) is 8.80 Å². The van der Waals surface area contributed by atoms with E-state index in [0.29, 0.717) is 11.1 Å². The Balaban J connectivity index is 2.63. The molecule has 118 valence electrons. The molecule has 1 aliphatic carbocycles. The van der Waals surface area contributed by atoms with Gasteiger partial charge in [-0.1, -0.05) is 24.3 Å². The van der Waals surface area contributed by atoms with Gasteiger partial charge in [-0.3, -0.25) is 0 Å². The summed E-state index contributed by atoms with van der Waals surface area (Å²) in [5, 5.41) is 0. The number of hydrogen-bond acceptors (Lipinski definition) is 4. The van der Waals surface area contributed by atoms with Crippen molar-refractivity contribution >= 4 is 31.5 Å². The zero-order chi connectivity index (χ0) is 16.4. The summed E-state index contributed by atoms with van der Waals surface area (Å²) in [6.45, 7) is 3.02. The molecule has 0 heterocycles. The fourth-order valence-electron chi connectivity index (χ4n) is 1.86. The third-order valence-corrected chi connectivity index (χ3v) is 5.49. The lowest BCUT2D eigenvalue weighted by atomic mass is 9.94. The zero-order valence-electron chi connectivity index (χ0n) is 12.2. The lowest BCUT2D eigenvalue weighted by Gasteiger charge is -2.14. The van der Waals surface area contributed by atoms with Crippen LogP contribution in [0.2, 0.25) is 0 Å². The summed E-state index contributed by atoms with van der Waals surface area (Å²) in [6, 6.07) is 6.85. The van der Waals surface area contributed by atoms with Crippen LogP contribution in [0.15, 0.2) is 45.2 Å². The third-order valence-electron chi connectivity index (χ3n) is 3.08. The van der Waals surface area contributed by atoms with Crippen molar-refractivity contribution in [3.8, 4) is 0 Å². The van der Waals surface area contributed by atoms with Gasteiger partial charge in [0.15, 0.2) is 0 Å². The monoisotopic (exact) mass is 340 g/mol. The fourth-order valence-corrected chi connectivity index (χ4v) is 3.03. The van der Waals surface area contributed by atoms with E-state index >= 15 is 0 Å². The molecule has 0 N–H and O–H groups in total. The molecule has 1 aromatic rings. The molecular formula is C14H16N2O4S2. The first kappa shape index (κ1) is 16.6. The Morgan fingerprint density at radius 3 is 1.45 bits per heavy atom. The summed E-state index contributed by atoms with van der Waals surface area (Å²) in [6.07, 6.45) is 2.94. The normalized spacial score (nSPS) is 18.6. The molecule has 6 nitrogen and oxygen atoms in total. The van der Waals surface area contributed by atoms with Gasteiger partial charge >= 0.3 is 0 Å². The quantitative estimate of drug-likeness (QED) is 0.831. The number of allylic oxidation sites excluding steroid dienone is 2. The average molecular weight is 340 g/mol. The summed E-state index contributed by atoms with van der Waals surface area (Å²) >= 11 is 0. The maximum atomic E-state index is 11.7. The number of sulfonamides is 2. The van der Waals surface area contributed by atoms with E-state index in [9.17, 15) is 16.8 Å². The van der Waals surface area contributed by atoms with Crippen LogP contribution in [0.4, 0.5) is 0 Å². The summed E-state index contributed by atoms with van der Waals surface area (Å²) in [5.41, 5.74) is 1.66. The Hall–Kier alpha value is -1.80. The first-order valence-electron chi connectivity index (χ1n) is 6.71. The molecule has 0 aromatic heterocycles. The molecule has 22 heavy (non-hydrogen) atoms. The highest BCUT2D eigenvalue weighted by atomic mass is 32.2. The second-order valence-corrected chi connectivity index (χ2v) is 8.42. The van der Waals surface area contributed by atoms with Gasteiger partial charge in [-0.2, -0.15) is 8.80 Å². The molecule has 0 spiro atoms. The van der Waals surface area contributed by atoms with Crippen LogP contribution in [0.3, 0.4) is 0 Å². The van der Waals surface area contributed by atoms with Crippen LogP contribution in [-0.4, -0.2) is 39.8 Å². The van der Waals surface area contributed by atoms with Gasteiger partial charge in [0.25, 0.3) is 20.0 Å². The van der Waals surface area contributed by atoms with Crippen molar-refractivity contribution < 1.29 is 16.8 Å². The summed E-state index contributed by atoms with van der Waals surface area (Å²) in [4.78, 5) is 0. The van der Waals surface area contributed by atoms with Gasteiger partial charge in [0.05, 0.1) is 22.9 Å². The maximum absolute atomic E-state index is 11.7. The van der Waals surface area contributed by atoms with Gasteiger partial charge in [-0.05, 0) is 26.0 Å². The first-order chi connectivity index (χ1) is 10.3. The van der Waals surface area contributed by atoms with Gasteiger partial charge in [0.1, 0.15) is 0 Å². The Morgan fingerprint density at radius 2 is 1.14 bits per heavy atom. The SMILES string of the molecule is CCS(=O)(=O)N=C1C=CC(=NS(=O)(=O)CC)c2ccccc21. The second kappa shape index (κ2) is 6.13. The molecule has 8 heteroatoms. The fraction of sp³-hybridized carbons (Fsp3) is 0.286. The number of benzene rings is 1. The molecule has 0 fully saturated rings. The van der Waals surface area contributed by atoms with Crippen molar-refractivity contribution in [2.75, 3.05) is 11.5 Å². The molecule has 0 radical (unpaired) electrons. The lowest BCUT2D eigenvalue weighted by molar-refractivity contribution is 0.597. The summed E-state index contributed by atoms with van der Waals surface area (Å²) < 4.78 is 54.3. The number of fused-ring (bicyclic) bond motifs is 1. The van der Waals surface area contributed by atoms with E-state index in [1.807, 2.05) is 0 Å². The number of hydrogen-bond donors (Lipinski definition) is 0. The number of nitrogens with zero attached hydrogens (tertiary/aromatic N) is 2. The predicted molar refractivity (Wildman–Crippen MR) is 87.6 cm³/mol. The van der Waals surface area contributed by atoms with Crippen molar-refractivity contribution in [3.05, 3.63) is 47.5 Å². The average Bonchev–Trinajstić information content (AvgIpc) is 2.49. The topological polar surface area (TPSA) is 93.0 Å². The van der Waals surface area contributed by atoms with E-state index in [0.717, 1.165) is 0 Å². The Labute approximate surface area is 130 Å². The Morgan fingerprint density at radius 1 is 0.773 bits per heavy atom. The highest BCUT2D eigenvalue weighted by molar-refractivity contribution is 7.90. The van der Waals surface area contributed by atoms with Crippen LogP contribution in [-0.2, 0) is 20.0 Å². The molecule has 0 saturated heterocycles. The molecule has 1 aliphatic rings. The largest absolute Gasteiger partial charge is 0.253 e. The Kier molecular flexibility index (Phi) is 4.62. The Bertz CT molecular complexity index is 806. The lowest BCUT2D eigenvalue weighted by Crippen LogP contribution is -2.16. The van der Waals surface area contributed by atoms with Gasteiger partial charge in [0, 0.05) is 11.1 Å². The summed E-state index contributed by atoms with van der Waals surface area (Å²) in [7, 11) is -7.08. The van der Waals surface area contributed by atoms with Crippen molar-refractivity contribution in [2.45, 2.75) is 13.8 Å². The molecule has 0 bridgehead atoms. The molecule has 0 unspecified atom stereocenters. The molecule has 2 rings (SSSR count). The van der Waals surface area contributed by atoms with Gasteiger partial charge < -0.3 is 0 Å². The highest BCUT2D eigenvalue weighted by Crippen LogP contribution is 2.19. The van der Waals surface area contributed by atoms with E-state index in [1.54, 1.807) is 24.3 Å². The van der Waals surface area contributed by atoms with E-state index in [1.165, 1.54) is 26.0 Å². The smallest absolute Gasteiger partial charge is 0.205 e. The van der Waals surface area contributed by atoms with Crippen LogP contribution < -0.4 is 0 Å². The molecule has 1 aromatic carbocycles. The summed E-state index contributed by atoms with van der Waals surface area (Å²) in [5.74, 6) is -0.199. The third kappa shape index (κ3) is 3.69.